The minimum Gasteiger partial charge on any atom is -0.447 e. The minimum absolute atomic E-state index is 0.0579. The van der Waals surface area contributed by atoms with E-state index in [1.54, 1.807) is 42.5 Å². The van der Waals surface area contributed by atoms with Gasteiger partial charge in [-0.25, -0.2) is 19.5 Å². The van der Waals surface area contributed by atoms with Gasteiger partial charge in [-0.1, -0.05) is 65.1 Å². The van der Waals surface area contributed by atoms with Gasteiger partial charge in [0.05, 0.1) is 17.3 Å². The van der Waals surface area contributed by atoms with Crippen LogP contribution in [0, 0.1) is 0 Å². The van der Waals surface area contributed by atoms with Crippen LogP contribution in [0.5, 0.6) is 0 Å². The number of aromatic nitrogens is 4. The zero-order valence-corrected chi connectivity index (χ0v) is 24.8. The smallest absolute Gasteiger partial charge is 0.407 e. The average molecular weight is 664 g/mol. The number of nitrogens with one attached hydrogen (secondary N) is 2. The number of carbonyl (C=O) groups excluding carboxylic acids is 2. The Balaban J connectivity index is 1.29. The Kier molecular flexibility index (Phi) is 8.18. The second kappa shape index (κ2) is 12.1. The monoisotopic (exact) mass is 662 g/mol. The van der Waals surface area contributed by atoms with Crippen LogP contribution in [0.4, 0.5) is 13.6 Å². The lowest BCUT2D eigenvalue weighted by Crippen LogP contribution is -2.43. The number of alkyl carbamates (subject to hydrolysis) is 1. The number of benzene rings is 2. The van der Waals surface area contributed by atoms with E-state index in [1.165, 1.54) is 17.3 Å². The summed E-state index contributed by atoms with van der Waals surface area (Å²) in [5.74, 6) is -0.249. The molecule has 2 amide bonds. The van der Waals surface area contributed by atoms with Gasteiger partial charge in [0.15, 0.2) is 17.2 Å². The van der Waals surface area contributed by atoms with Crippen LogP contribution in [0.25, 0.3) is 22.5 Å². The summed E-state index contributed by atoms with van der Waals surface area (Å²) in [6, 6.07) is 9.81. The second-order valence-electron chi connectivity index (χ2n) is 10.2. The Labute approximate surface area is 263 Å². The number of aliphatic imine (C=N–C) groups is 1. The number of H-pyrrole nitrogens is 1. The van der Waals surface area contributed by atoms with E-state index >= 15 is 0 Å². The van der Waals surface area contributed by atoms with Gasteiger partial charge in [-0.3, -0.25) is 9.69 Å². The van der Waals surface area contributed by atoms with Crippen LogP contribution in [-0.2, 0) is 9.53 Å². The molecule has 3 heterocycles. The van der Waals surface area contributed by atoms with Crippen molar-refractivity contribution in [2.45, 2.75) is 37.5 Å². The molecule has 4 aromatic rings. The van der Waals surface area contributed by atoms with Crippen molar-refractivity contribution >= 4 is 52.8 Å². The molecule has 2 aromatic carbocycles. The molecule has 4 N–H and O–H groups in total. The topological polar surface area (TPSA) is 144 Å². The molecule has 1 saturated carbocycles. The number of carbonyl (C=O) groups is 2. The third-order valence-corrected chi connectivity index (χ3v) is 8.15. The number of hydrogen-bond donors (Lipinski definition) is 3. The zero-order chi connectivity index (χ0) is 31.1. The summed E-state index contributed by atoms with van der Waals surface area (Å²) in [5.41, 5.74) is 8.91. The highest BCUT2D eigenvalue weighted by Gasteiger charge is 2.40. The second-order valence-corrected chi connectivity index (χ2v) is 11.3. The minimum atomic E-state index is -2.76. The molecular weight excluding hydrogens is 641 g/mol. The molecule has 44 heavy (non-hydrogen) atoms. The molecule has 1 aliphatic carbocycles. The number of guanidine groups is 1. The predicted octanol–water partition coefficient (Wildman–Crippen LogP) is 6.12. The number of aromatic amines is 1. The van der Waals surface area contributed by atoms with E-state index in [0.717, 1.165) is 12.8 Å². The molecule has 2 aliphatic rings. The first-order valence-electron chi connectivity index (χ1n) is 13.3. The lowest BCUT2D eigenvalue weighted by atomic mass is 10.00. The van der Waals surface area contributed by atoms with E-state index in [0.29, 0.717) is 43.3 Å². The van der Waals surface area contributed by atoms with E-state index in [2.05, 4.69) is 25.4 Å². The van der Waals surface area contributed by atoms with E-state index < -0.39 is 30.6 Å². The van der Waals surface area contributed by atoms with Crippen molar-refractivity contribution in [2.24, 2.45) is 10.7 Å². The summed E-state index contributed by atoms with van der Waals surface area (Å²) in [5, 5.41) is 6.92. The number of imidazole rings is 1. The van der Waals surface area contributed by atoms with E-state index in [4.69, 9.17) is 45.3 Å². The Morgan fingerprint density at radius 3 is 2.52 bits per heavy atom. The predicted molar refractivity (Wildman–Crippen MR) is 159 cm³/mol. The van der Waals surface area contributed by atoms with E-state index in [1.807, 2.05) is 0 Å². The van der Waals surface area contributed by atoms with Gasteiger partial charge in [-0.05, 0) is 41.7 Å². The highest BCUT2D eigenvalue weighted by molar-refractivity contribution is 6.40. The van der Waals surface area contributed by atoms with Crippen molar-refractivity contribution < 1.29 is 23.1 Å². The van der Waals surface area contributed by atoms with Crippen LogP contribution in [0.1, 0.15) is 42.6 Å². The summed E-state index contributed by atoms with van der Waals surface area (Å²) < 4.78 is 32.0. The number of rotatable bonds is 9. The zero-order valence-electron chi connectivity index (χ0n) is 22.6. The van der Waals surface area contributed by atoms with Crippen molar-refractivity contribution in [3.63, 3.8) is 0 Å². The number of nitrogens with zero attached hydrogens (tertiary/aromatic N) is 5. The summed E-state index contributed by atoms with van der Waals surface area (Å²) in [7, 11) is 0. The maximum atomic E-state index is 13.9. The molecule has 1 fully saturated rings. The van der Waals surface area contributed by atoms with Gasteiger partial charge in [0.1, 0.15) is 17.6 Å². The van der Waals surface area contributed by atoms with E-state index in [9.17, 15) is 18.4 Å². The van der Waals surface area contributed by atoms with Gasteiger partial charge < -0.3 is 20.8 Å². The maximum Gasteiger partial charge on any atom is 0.407 e. The first-order chi connectivity index (χ1) is 21.1. The Morgan fingerprint density at radius 1 is 1.14 bits per heavy atom. The summed E-state index contributed by atoms with van der Waals surface area (Å²) in [6.07, 6.45) is 3.67. The summed E-state index contributed by atoms with van der Waals surface area (Å²) in [4.78, 5) is 39.1. The average Bonchev–Trinajstić information content (AvgIpc) is 3.41. The molecular formula is C28H23Cl3F2N8O3. The summed E-state index contributed by atoms with van der Waals surface area (Å²) >= 11 is 18.6. The number of halogens is 5. The van der Waals surface area contributed by atoms with Crippen LogP contribution in [0.3, 0.4) is 0 Å². The molecule has 0 saturated heterocycles. The van der Waals surface area contributed by atoms with Gasteiger partial charge in [-0.2, -0.15) is 13.9 Å². The van der Waals surface area contributed by atoms with Crippen LogP contribution in [-0.4, -0.2) is 55.3 Å². The number of hydrogen-bond acceptors (Lipinski definition) is 7. The Hall–Kier alpha value is -4.20. The van der Waals surface area contributed by atoms with Crippen molar-refractivity contribution in [2.75, 3.05) is 6.61 Å². The SMILES string of the molecule is NC1=N[C@H](c2ccc(-c3cnn(C(F)F)c3)cc2)C(=O)N1[C@H](COC(=O)NC1CC1)c1ccc(Cl)c(-c2nc(Cl)c(Cl)[nH]2)c1. The van der Waals surface area contributed by atoms with Crippen molar-refractivity contribution in [3.8, 4) is 22.5 Å². The standard InChI is InChI=1S/C28H23Cl3F2N8O3/c29-19-8-5-15(9-18(19)24-38-22(30)23(31)39-24)20(12-44-28(43)36-17-6-7-17)41-25(42)21(37-27(41)34)14-3-1-13(2-4-14)16-10-35-40(11-16)26(32)33/h1-5,8-11,17,20-21,26H,6-7,12H2,(H2,34,37)(H,36,43)(H,38,39)/t20-,21-/m1/s1. The molecule has 2 atom stereocenters. The first-order valence-corrected chi connectivity index (χ1v) is 14.5. The van der Waals surface area contributed by atoms with Crippen molar-refractivity contribution in [1.29, 1.82) is 0 Å². The fraction of sp³-hybridized carbons (Fsp3) is 0.250. The largest absolute Gasteiger partial charge is 0.447 e. The fourth-order valence-electron chi connectivity index (χ4n) is 4.78. The number of ether oxygens (including phenoxy) is 1. The van der Waals surface area contributed by atoms with Crippen LogP contribution >= 0.6 is 34.8 Å². The van der Waals surface area contributed by atoms with Crippen molar-refractivity contribution in [3.05, 3.63) is 81.3 Å². The normalized spacial score (nSPS) is 17.2. The molecule has 0 unspecified atom stereocenters. The quantitative estimate of drug-likeness (QED) is 0.197. The van der Waals surface area contributed by atoms with E-state index in [-0.39, 0.29) is 28.9 Å². The van der Waals surface area contributed by atoms with Crippen LogP contribution in [0.15, 0.2) is 59.9 Å². The van der Waals surface area contributed by atoms with Crippen molar-refractivity contribution in [1.82, 2.24) is 30.0 Å². The molecule has 0 spiro atoms. The van der Waals surface area contributed by atoms with Gasteiger partial charge in [0.25, 0.3) is 5.91 Å². The molecule has 2 aromatic heterocycles. The summed E-state index contributed by atoms with van der Waals surface area (Å²) in [6.45, 7) is -3.01. The highest BCUT2D eigenvalue weighted by atomic mass is 35.5. The Bertz CT molecular complexity index is 1740. The fourth-order valence-corrected chi connectivity index (χ4v) is 5.25. The molecule has 0 bridgehead atoms. The van der Waals surface area contributed by atoms with Gasteiger partial charge in [0.2, 0.25) is 0 Å². The van der Waals surface area contributed by atoms with Gasteiger partial charge >= 0.3 is 12.6 Å². The number of alkyl halides is 2. The molecule has 6 rings (SSSR count). The third kappa shape index (κ3) is 6.07. The molecule has 228 valence electrons. The number of amides is 2. The molecule has 16 heteroatoms. The molecule has 1 aliphatic heterocycles. The lowest BCUT2D eigenvalue weighted by molar-refractivity contribution is -0.129. The maximum absolute atomic E-state index is 13.9. The first kappa shape index (κ1) is 29.9. The molecule has 0 radical (unpaired) electrons. The van der Waals surface area contributed by atoms with Gasteiger partial charge in [0, 0.05) is 23.4 Å². The van der Waals surface area contributed by atoms with Crippen LogP contribution < -0.4 is 11.1 Å². The lowest BCUT2D eigenvalue weighted by Gasteiger charge is -2.28. The van der Waals surface area contributed by atoms with Gasteiger partial charge in [-0.15, -0.1) is 0 Å². The van der Waals surface area contributed by atoms with Crippen LogP contribution in [0.2, 0.25) is 15.3 Å². The number of nitrogens with two attached hydrogens (primary N) is 1. The highest BCUT2D eigenvalue weighted by Crippen LogP contribution is 2.37. The Morgan fingerprint density at radius 2 is 1.89 bits per heavy atom. The molecule has 11 nitrogen and oxygen atoms in total. The third-order valence-electron chi connectivity index (χ3n) is 7.17.